The molecule has 0 aliphatic rings. The fourth-order valence-corrected chi connectivity index (χ4v) is 3.82. The molecule has 2 N–H and O–H groups in total. The van der Waals surface area contributed by atoms with Gasteiger partial charge in [-0.1, -0.05) is 38.1 Å². The van der Waals surface area contributed by atoms with E-state index in [4.69, 9.17) is 4.74 Å². The molecule has 0 aliphatic carbocycles. The summed E-state index contributed by atoms with van der Waals surface area (Å²) in [6, 6.07) is 24.0. The molecule has 4 aromatic rings. The highest BCUT2D eigenvalue weighted by atomic mass is 16.5. The number of amides is 1. The zero-order valence-corrected chi connectivity index (χ0v) is 18.2. The fourth-order valence-electron chi connectivity index (χ4n) is 3.82. The van der Waals surface area contributed by atoms with Gasteiger partial charge in [-0.25, -0.2) is 0 Å². The molecule has 2 atom stereocenters. The highest BCUT2D eigenvalue weighted by Crippen LogP contribution is 2.30. The van der Waals surface area contributed by atoms with Gasteiger partial charge >= 0.3 is 0 Å². The molecular weight excluding hydrogens is 384 g/mol. The lowest BCUT2D eigenvalue weighted by Gasteiger charge is -2.20. The molecule has 2 unspecified atom stereocenters. The number of aryl methyl sites for hydroxylation is 1. The second-order valence-corrected chi connectivity index (χ2v) is 8.24. The Balaban J connectivity index is 1.36. The summed E-state index contributed by atoms with van der Waals surface area (Å²) in [5, 5.41) is 4.24. The van der Waals surface area contributed by atoms with Crippen LogP contribution in [0.2, 0.25) is 0 Å². The molecular formula is C27H28N2O2. The van der Waals surface area contributed by atoms with E-state index in [-0.39, 0.29) is 17.7 Å². The van der Waals surface area contributed by atoms with E-state index in [9.17, 15) is 4.79 Å². The van der Waals surface area contributed by atoms with E-state index in [0.29, 0.717) is 6.42 Å². The van der Waals surface area contributed by atoms with Crippen LogP contribution in [0.1, 0.15) is 37.3 Å². The van der Waals surface area contributed by atoms with Crippen LogP contribution >= 0.6 is 0 Å². The maximum absolute atomic E-state index is 12.7. The SMILES string of the molecule is Cc1cc(NC(=O)CC(C)C(C)c2ccc3[nH]ccc3c2)ccc1Oc1ccccc1. The van der Waals surface area contributed by atoms with Gasteiger partial charge in [-0.2, -0.15) is 0 Å². The van der Waals surface area contributed by atoms with Crippen LogP contribution in [-0.2, 0) is 4.79 Å². The number of aromatic amines is 1. The van der Waals surface area contributed by atoms with Crippen molar-refractivity contribution in [1.82, 2.24) is 4.98 Å². The number of fused-ring (bicyclic) bond motifs is 1. The molecule has 31 heavy (non-hydrogen) atoms. The zero-order valence-electron chi connectivity index (χ0n) is 18.2. The van der Waals surface area contributed by atoms with Crippen LogP contribution in [0, 0.1) is 12.8 Å². The van der Waals surface area contributed by atoms with Crippen LogP contribution < -0.4 is 10.1 Å². The first-order valence-corrected chi connectivity index (χ1v) is 10.7. The molecule has 1 aromatic heterocycles. The van der Waals surface area contributed by atoms with Gasteiger partial charge in [0.15, 0.2) is 0 Å². The van der Waals surface area contributed by atoms with Gasteiger partial charge in [0.1, 0.15) is 11.5 Å². The molecule has 0 saturated carbocycles. The standard InChI is InChI=1S/C27H28N2O2/c1-18(20(3)21-9-11-25-22(17-21)13-14-28-25)16-27(30)29-23-10-12-26(19(2)15-23)31-24-7-5-4-6-8-24/h4-15,17-18,20,28H,16H2,1-3H3,(H,29,30). The van der Waals surface area contributed by atoms with Gasteiger partial charge in [0.2, 0.25) is 5.91 Å². The van der Waals surface area contributed by atoms with Gasteiger partial charge < -0.3 is 15.0 Å². The molecule has 4 nitrogen and oxygen atoms in total. The van der Waals surface area contributed by atoms with E-state index in [1.165, 1.54) is 10.9 Å². The van der Waals surface area contributed by atoms with Crippen molar-refractivity contribution in [3.05, 3.63) is 90.1 Å². The van der Waals surface area contributed by atoms with Crippen molar-refractivity contribution in [2.75, 3.05) is 5.32 Å². The number of hydrogen-bond acceptors (Lipinski definition) is 2. The van der Waals surface area contributed by atoms with E-state index >= 15 is 0 Å². The molecule has 0 radical (unpaired) electrons. The van der Waals surface area contributed by atoms with Crippen LogP contribution in [0.3, 0.4) is 0 Å². The maximum Gasteiger partial charge on any atom is 0.224 e. The smallest absolute Gasteiger partial charge is 0.224 e. The molecule has 4 rings (SSSR count). The molecule has 0 bridgehead atoms. The van der Waals surface area contributed by atoms with E-state index in [0.717, 1.165) is 28.3 Å². The number of nitrogens with one attached hydrogen (secondary N) is 2. The Kier molecular flexibility index (Phi) is 6.08. The number of hydrogen-bond donors (Lipinski definition) is 2. The van der Waals surface area contributed by atoms with Gasteiger partial charge in [-0.3, -0.25) is 4.79 Å². The number of aromatic nitrogens is 1. The largest absolute Gasteiger partial charge is 0.457 e. The molecule has 0 spiro atoms. The van der Waals surface area contributed by atoms with Gasteiger partial charge in [-0.15, -0.1) is 0 Å². The van der Waals surface area contributed by atoms with Gasteiger partial charge in [0, 0.05) is 23.8 Å². The normalized spacial score (nSPS) is 13.0. The average Bonchev–Trinajstić information content (AvgIpc) is 3.23. The second kappa shape index (κ2) is 9.09. The van der Waals surface area contributed by atoms with Crippen LogP contribution in [0.15, 0.2) is 79.0 Å². The second-order valence-electron chi connectivity index (χ2n) is 8.24. The van der Waals surface area contributed by atoms with Crippen molar-refractivity contribution in [3.63, 3.8) is 0 Å². The molecule has 1 amide bonds. The van der Waals surface area contributed by atoms with Crippen LogP contribution in [0.4, 0.5) is 5.69 Å². The van der Waals surface area contributed by atoms with Crippen LogP contribution in [0.25, 0.3) is 10.9 Å². The summed E-state index contributed by atoms with van der Waals surface area (Å²) >= 11 is 0. The molecule has 3 aromatic carbocycles. The number of benzene rings is 3. The van der Waals surface area contributed by atoms with Crippen LogP contribution in [-0.4, -0.2) is 10.9 Å². The molecule has 0 saturated heterocycles. The third-order valence-corrected chi connectivity index (χ3v) is 5.89. The zero-order chi connectivity index (χ0) is 21.8. The minimum atomic E-state index is 0.0261. The lowest BCUT2D eigenvalue weighted by atomic mass is 9.86. The quantitative estimate of drug-likeness (QED) is 0.342. The van der Waals surface area contributed by atoms with Crippen molar-refractivity contribution in [2.24, 2.45) is 5.92 Å². The predicted octanol–water partition coefficient (Wildman–Crippen LogP) is 7.04. The van der Waals surface area contributed by atoms with E-state index < -0.39 is 0 Å². The monoisotopic (exact) mass is 412 g/mol. The lowest BCUT2D eigenvalue weighted by Crippen LogP contribution is -2.18. The first kappa shape index (κ1) is 20.7. The van der Waals surface area contributed by atoms with E-state index in [1.807, 2.05) is 61.7 Å². The maximum atomic E-state index is 12.7. The highest BCUT2D eigenvalue weighted by Gasteiger charge is 2.18. The third-order valence-electron chi connectivity index (χ3n) is 5.89. The number of para-hydroxylation sites is 1. The summed E-state index contributed by atoms with van der Waals surface area (Å²) in [7, 11) is 0. The summed E-state index contributed by atoms with van der Waals surface area (Å²) < 4.78 is 5.92. The molecule has 0 aliphatic heterocycles. The minimum absolute atomic E-state index is 0.0261. The number of rotatable bonds is 7. The Morgan fingerprint density at radius 1 is 1.00 bits per heavy atom. The molecule has 0 fully saturated rings. The number of carbonyl (C=O) groups excluding carboxylic acids is 1. The summed E-state index contributed by atoms with van der Waals surface area (Å²) in [6.07, 6.45) is 2.42. The number of H-pyrrole nitrogens is 1. The van der Waals surface area contributed by atoms with Crippen molar-refractivity contribution >= 4 is 22.5 Å². The Morgan fingerprint density at radius 3 is 2.58 bits per heavy atom. The lowest BCUT2D eigenvalue weighted by molar-refractivity contribution is -0.117. The van der Waals surface area contributed by atoms with E-state index in [2.05, 4.69) is 48.4 Å². The molecule has 4 heteroatoms. The van der Waals surface area contributed by atoms with E-state index in [1.54, 1.807) is 0 Å². The third kappa shape index (κ3) is 4.97. The number of carbonyl (C=O) groups is 1. The van der Waals surface area contributed by atoms with Crippen molar-refractivity contribution in [2.45, 2.75) is 33.1 Å². The first-order valence-electron chi connectivity index (χ1n) is 10.7. The van der Waals surface area contributed by atoms with Gasteiger partial charge in [-0.05, 0) is 83.8 Å². The minimum Gasteiger partial charge on any atom is -0.457 e. The van der Waals surface area contributed by atoms with Crippen molar-refractivity contribution < 1.29 is 9.53 Å². The fraction of sp³-hybridized carbons (Fsp3) is 0.222. The Bertz CT molecular complexity index is 1180. The Morgan fingerprint density at radius 2 is 1.81 bits per heavy atom. The Hall–Kier alpha value is -3.53. The van der Waals surface area contributed by atoms with Crippen molar-refractivity contribution in [3.8, 4) is 11.5 Å². The summed E-state index contributed by atoms with van der Waals surface area (Å²) in [6.45, 7) is 6.30. The summed E-state index contributed by atoms with van der Waals surface area (Å²) in [4.78, 5) is 15.9. The first-order chi connectivity index (χ1) is 15.0. The molecule has 1 heterocycles. The number of anilines is 1. The number of ether oxygens (including phenoxy) is 1. The van der Waals surface area contributed by atoms with Gasteiger partial charge in [0.25, 0.3) is 0 Å². The topological polar surface area (TPSA) is 54.1 Å². The Labute approximate surface area is 183 Å². The average molecular weight is 413 g/mol. The van der Waals surface area contributed by atoms with Crippen molar-refractivity contribution in [1.29, 1.82) is 0 Å². The predicted molar refractivity (Wildman–Crippen MR) is 127 cm³/mol. The van der Waals surface area contributed by atoms with Crippen LogP contribution in [0.5, 0.6) is 11.5 Å². The summed E-state index contributed by atoms with van der Waals surface area (Å²) in [5.74, 6) is 2.11. The summed E-state index contributed by atoms with van der Waals surface area (Å²) in [5.41, 5.74) is 4.15. The molecule has 158 valence electrons. The highest BCUT2D eigenvalue weighted by molar-refractivity contribution is 5.91. The van der Waals surface area contributed by atoms with Gasteiger partial charge in [0.05, 0.1) is 0 Å².